The Balaban J connectivity index is 2.08. The summed E-state index contributed by atoms with van der Waals surface area (Å²) in [7, 11) is 0. The Morgan fingerprint density at radius 2 is 2.22 bits per heavy atom. The number of nitrogens with zero attached hydrogens (tertiary/aromatic N) is 1. The Morgan fingerprint density at radius 3 is 2.87 bits per heavy atom. The van der Waals surface area contributed by atoms with Gasteiger partial charge in [-0.15, -0.1) is 0 Å². The van der Waals surface area contributed by atoms with Crippen LogP contribution in [0, 0.1) is 0 Å². The molecule has 0 saturated heterocycles. The number of ether oxygens (including phenoxy) is 1. The average Bonchev–Trinajstić information content (AvgIpc) is 2.85. The molecule has 1 aromatic heterocycles. The van der Waals surface area contributed by atoms with Gasteiger partial charge < -0.3 is 15.8 Å². The number of alkyl halides is 3. The van der Waals surface area contributed by atoms with Crippen LogP contribution < -0.4 is 15.8 Å². The van der Waals surface area contributed by atoms with Crippen molar-refractivity contribution in [3.05, 3.63) is 18.2 Å². The Kier molecular flexibility index (Phi) is 5.42. The molecule has 126 valence electrons. The number of aromatic nitrogens is 1. The summed E-state index contributed by atoms with van der Waals surface area (Å²) in [5.41, 5.74) is 6.28. The zero-order chi connectivity index (χ0) is 17.0. The van der Waals surface area contributed by atoms with Gasteiger partial charge in [0, 0.05) is 0 Å². The van der Waals surface area contributed by atoms with Gasteiger partial charge in [0.25, 0.3) is 0 Å². The first kappa shape index (κ1) is 17.5. The number of nitrogens with one attached hydrogen (secondary N) is 1. The van der Waals surface area contributed by atoms with Crippen LogP contribution in [0.2, 0.25) is 0 Å². The van der Waals surface area contributed by atoms with E-state index in [1.165, 1.54) is 12.1 Å². The first-order valence-corrected chi connectivity index (χ1v) is 7.76. The number of hydrogen-bond acceptors (Lipinski definition) is 5. The standard InChI is InChI=1S/C14H16F3N3O2S/c1-2-3-9(18)12(21)20-13-19-10-5-4-8(6-11(10)23-13)22-7-14(15,16)17/h4-6,9H,2-3,7,18H2,1H3,(H,19,20,21). The van der Waals surface area contributed by atoms with Crippen molar-refractivity contribution in [3.8, 4) is 5.75 Å². The van der Waals surface area contributed by atoms with Crippen LogP contribution in [0.25, 0.3) is 10.2 Å². The Hall–Kier alpha value is -1.87. The fourth-order valence-electron chi connectivity index (χ4n) is 1.85. The third-order valence-corrected chi connectivity index (χ3v) is 3.86. The predicted octanol–water partition coefficient (Wildman–Crippen LogP) is 3.30. The number of nitrogens with two attached hydrogens (primary N) is 1. The third-order valence-electron chi connectivity index (χ3n) is 2.93. The average molecular weight is 347 g/mol. The molecule has 23 heavy (non-hydrogen) atoms. The second kappa shape index (κ2) is 7.14. The van der Waals surface area contributed by atoms with Crippen LogP contribution in [-0.4, -0.2) is 29.7 Å². The molecule has 0 fully saturated rings. The van der Waals surface area contributed by atoms with Crippen LogP contribution in [0.3, 0.4) is 0 Å². The molecule has 1 amide bonds. The molecule has 3 N–H and O–H groups in total. The van der Waals surface area contributed by atoms with Crippen molar-refractivity contribution < 1.29 is 22.7 Å². The minimum absolute atomic E-state index is 0.0963. The monoisotopic (exact) mass is 347 g/mol. The van der Waals surface area contributed by atoms with Gasteiger partial charge in [0.05, 0.1) is 16.3 Å². The fourth-order valence-corrected chi connectivity index (χ4v) is 2.75. The van der Waals surface area contributed by atoms with Crippen LogP contribution in [0.4, 0.5) is 18.3 Å². The molecule has 2 aromatic rings. The summed E-state index contributed by atoms with van der Waals surface area (Å²) in [5, 5.41) is 2.97. The molecule has 1 aromatic carbocycles. The number of carbonyl (C=O) groups excluding carboxylic acids is 1. The topological polar surface area (TPSA) is 77.2 Å². The Labute approximate surface area is 134 Å². The molecule has 0 aliphatic rings. The van der Waals surface area contributed by atoms with Gasteiger partial charge in [0.1, 0.15) is 5.75 Å². The zero-order valence-corrected chi connectivity index (χ0v) is 13.1. The lowest BCUT2D eigenvalue weighted by Crippen LogP contribution is -2.35. The number of anilines is 1. The SMILES string of the molecule is CCCC(N)C(=O)Nc1nc2ccc(OCC(F)(F)F)cc2s1. The molecular weight excluding hydrogens is 331 g/mol. The van der Waals surface area contributed by atoms with Gasteiger partial charge in [0.2, 0.25) is 5.91 Å². The maximum absolute atomic E-state index is 12.1. The number of amides is 1. The largest absolute Gasteiger partial charge is 0.484 e. The van der Waals surface area contributed by atoms with Crippen LogP contribution in [0.5, 0.6) is 5.75 Å². The first-order chi connectivity index (χ1) is 10.8. The van der Waals surface area contributed by atoms with Gasteiger partial charge in [-0.05, 0) is 24.6 Å². The van der Waals surface area contributed by atoms with E-state index >= 15 is 0 Å². The minimum Gasteiger partial charge on any atom is -0.484 e. The molecule has 2 rings (SSSR count). The van der Waals surface area contributed by atoms with Gasteiger partial charge >= 0.3 is 6.18 Å². The van der Waals surface area contributed by atoms with E-state index in [0.29, 0.717) is 21.8 Å². The summed E-state index contributed by atoms with van der Waals surface area (Å²) in [6.45, 7) is 0.570. The Morgan fingerprint density at radius 1 is 1.48 bits per heavy atom. The lowest BCUT2D eigenvalue weighted by Gasteiger charge is -2.08. The van der Waals surface area contributed by atoms with Crippen molar-refractivity contribution in [2.24, 2.45) is 5.73 Å². The van der Waals surface area contributed by atoms with Gasteiger partial charge in [-0.3, -0.25) is 4.79 Å². The quantitative estimate of drug-likeness (QED) is 0.840. The zero-order valence-electron chi connectivity index (χ0n) is 12.3. The van der Waals surface area contributed by atoms with E-state index in [4.69, 9.17) is 5.73 Å². The van der Waals surface area contributed by atoms with Crippen molar-refractivity contribution >= 4 is 32.6 Å². The van der Waals surface area contributed by atoms with Crippen LogP contribution in [0.15, 0.2) is 18.2 Å². The number of fused-ring (bicyclic) bond motifs is 1. The van der Waals surface area contributed by atoms with E-state index in [9.17, 15) is 18.0 Å². The van der Waals surface area contributed by atoms with E-state index in [1.807, 2.05) is 6.92 Å². The summed E-state index contributed by atoms with van der Waals surface area (Å²) >= 11 is 1.15. The molecule has 0 spiro atoms. The summed E-state index contributed by atoms with van der Waals surface area (Å²) in [4.78, 5) is 16.0. The van der Waals surface area contributed by atoms with Crippen molar-refractivity contribution in [2.45, 2.75) is 32.0 Å². The first-order valence-electron chi connectivity index (χ1n) is 6.95. The van der Waals surface area contributed by atoms with Crippen molar-refractivity contribution in [1.82, 2.24) is 4.98 Å². The van der Waals surface area contributed by atoms with E-state index in [-0.39, 0.29) is 11.7 Å². The minimum atomic E-state index is -4.39. The summed E-state index contributed by atoms with van der Waals surface area (Å²) in [6.07, 6.45) is -3.04. The maximum Gasteiger partial charge on any atom is 0.422 e. The number of thiazole rings is 1. The highest BCUT2D eigenvalue weighted by Crippen LogP contribution is 2.30. The molecule has 1 atom stereocenters. The molecule has 5 nitrogen and oxygen atoms in total. The molecular formula is C14H16F3N3O2S. The van der Waals surface area contributed by atoms with Crippen LogP contribution in [0.1, 0.15) is 19.8 Å². The van der Waals surface area contributed by atoms with E-state index in [0.717, 1.165) is 17.8 Å². The number of rotatable bonds is 6. The van der Waals surface area contributed by atoms with E-state index in [2.05, 4.69) is 15.0 Å². The smallest absolute Gasteiger partial charge is 0.422 e. The highest BCUT2D eigenvalue weighted by Gasteiger charge is 2.28. The molecule has 0 aliphatic heterocycles. The lowest BCUT2D eigenvalue weighted by atomic mass is 10.2. The number of hydrogen-bond donors (Lipinski definition) is 2. The highest BCUT2D eigenvalue weighted by molar-refractivity contribution is 7.22. The molecule has 0 aliphatic carbocycles. The van der Waals surface area contributed by atoms with Gasteiger partial charge in [0.15, 0.2) is 11.7 Å². The Bertz CT molecular complexity index is 687. The summed E-state index contributed by atoms with van der Waals surface area (Å²) < 4.78 is 41.7. The van der Waals surface area contributed by atoms with Crippen LogP contribution >= 0.6 is 11.3 Å². The summed E-state index contributed by atoms with van der Waals surface area (Å²) in [6, 6.07) is 3.79. The van der Waals surface area contributed by atoms with E-state index in [1.54, 1.807) is 6.07 Å². The van der Waals surface area contributed by atoms with Crippen molar-refractivity contribution in [1.29, 1.82) is 0 Å². The molecule has 1 heterocycles. The number of benzene rings is 1. The van der Waals surface area contributed by atoms with Crippen molar-refractivity contribution in [2.75, 3.05) is 11.9 Å². The second-order valence-electron chi connectivity index (χ2n) is 4.94. The van der Waals surface area contributed by atoms with Gasteiger partial charge in [-0.1, -0.05) is 24.7 Å². The molecule has 9 heteroatoms. The van der Waals surface area contributed by atoms with Gasteiger partial charge in [-0.25, -0.2) is 4.98 Å². The highest BCUT2D eigenvalue weighted by atomic mass is 32.1. The van der Waals surface area contributed by atoms with E-state index < -0.39 is 18.8 Å². The lowest BCUT2D eigenvalue weighted by molar-refractivity contribution is -0.153. The van der Waals surface area contributed by atoms with Crippen molar-refractivity contribution in [3.63, 3.8) is 0 Å². The number of halogens is 3. The third kappa shape index (κ3) is 5.07. The predicted molar refractivity (Wildman–Crippen MR) is 82.7 cm³/mol. The summed E-state index contributed by atoms with van der Waals surface area (Å²) in [5.74, 6) is -0.238. The molecule has 0 saturated carbocycles. The van der Waals surface area contributed by atoms with Gasteiger partial charge in [-0.2, -0.15) is 13.2 Å². The molecule has 0 radical (unpaired) electrons. The molecule has 1 unspecified atom stereocenters. The normalized spacial score (nSPS) is 13.1. The molecule has 0 bridgehead atoms. The fraction of sp³-hybridized carbons (Fsp3) is 0.429. The second-order valence-corrected chi connectivity index (χ2v) is 5.97. The number of carbonyl (C=O) groups is 1. The maximum atomic E-state index is 12.1. The van der Waals surface area contributed by atoms with Crippen LogP contribution in [-0.2, 0) is 4.79 Å².